The Morgan fingerprint density at radius 1 is 0.926 bits per heavy atom. The maximum Gasteiger partial charge on any atom is 0.417 e. The van der Waals surface area contributed by atoms with Crippen LogP contribution in [0.3, 0.4) is 0 Å². The highest BCUT2D eigenvalue weighted by Crippen LogP contribution is 2.36. The number of nitrogens with one attached hydrogen (secondary N) is 1. The average molecular weight is 376 g/mol. The van der Waals surface area contributed by atoms with Crippen LogP contribution in [-0.2, 0) is 6.18 Å². The molecule has 1 fully saturated rings. The number of primary amides is 1. The summed E-state index contributed by atoms with van der Waals surface area (Å²) < 4.78 is 40.1. The number of benzene rings is 2. The molecule has 0 bridgehead atoms. The van der Waals surface area contributed by atoms with Crippen LogP contribution >= 0.6 is 0 Å². The molecule has 0 radical (unpaired) electrons. The van der Waals surface area contributed by atoms with Crippen LogP contribution in [-0.4, -0.2) is 24.8 Å². The Morgan fingerprint density at radius 3 is 2.15 bits per heavy atom. The molecule has 1 saturated heterocycles. The minimum atomic E-state index is -4.65. The van der Waals surface area contributed by atoms with E-state index in [-0.39, 0.29) is 17.0 Å². The van der Waals surface area contributed by atoms with E-state index < -0.39 is 29.0 Å². The van der Waals surface area contributed by atoms with Gasteiger partial charge in [0, 0.05) is 16.7 Å². The second kappa shape index (κ2) is 7.52. The smallest absolute Gasteiger partial charge is 0.366 e. The first kappa shape index (κ1) is 19.1. The number of carbonyl (C=O) groups excluding carboxylic acids is 2. The van der Waals surface area contributed by atoms with Gasteiger partial charge in [0.05, 0.1) is 5.56 Å². The van der Waals surface area contributed by atoms with Gasteiger partial charge in [-0.1, -0.05) is 30.3 Å². The monoisotopic (exact) mass is 376 g/mol. The van der Waals surface area contributed by atoms with Crippen LogP contribution in [0.1, 0.15) is 56.2 Å². The molecule has 2 aromatic carbocycles. The first-order valence-electron chi connectivity index (χ1n) is 8.65. The number of carbonyl (C=O) groups is 2. The molecule has 1 aliphatic rings. The van der Waals surface area contributed by atoms with E-state index in [0.717, 1.165) is 12.1 Å². The topological polar surface area (TPSA) is 72.2 Å². The van der Waals surface area contributed by atoms with Gasteiger partial charge in [0.25, 0.3) is 0 Å². The molecule has 0 unspecified atom stereocenters. The Bertz CT molecular complexity index is 872. The minimum Gasteiger partial charge on any atom is -0.366 e. The summed E-state index contributed by atoms with van der Waals surface area (Å²) in [7, 11) is 0. The Hall–Kier alpha value is -2.67. The van der Waals surface area contributed by atoms with E-state index in [1.54, 1.807) is 0 Å². The predicted octanol–water partition coefficient (Wildman–Crippen LogP) is 3.50. The fourth-order valence-electron chi connectivity index (χ4n) is 3.60. The SMILES string of the molecule is NC(=O)c1cccc(C(=O)c2ccccc2C(F)(F)F)c1C1CCNCC1. The molecule has 27 heavy (non-hydrogen) atoms. The highest BCUT2D eigenvalue weighted by atomic mass is 19.4. The van der Waals surface area contributed by atoms with Gasteiger partial charge in [-0.2, -0.15) is 13.2 Å². The number of halogens is 3. The number of piperidine rings is 1. The lowest BCUT2D eigenvalue weighted by molar-refractivity contribution is -0.137. The number of hydrogen-bond donors (Lipinski definition) is 2. The highest BCUT2D eigenvalue weighted by Gasteiger charge is 2.36. The van der Waals surface area contributed by atoms with E-state index in [4.69, 9.17) is 5.73 Å². The van der Waals surface area contributed by atoms with Crippen molar-refractivity contribution in [3.05, 3.63) is 70.3 Å². The van der Waals surface area contributed by atoms with Gasteiger partial charge in [0.2, 0.25) is 5.91 Å². The van der Waals surface area contributed by atoms with Crippen LogP contribution < -0.4 is 11.1 Å². The predicted molar refractivity (Wildman–Crippen MR) is 94.7 cm³/mol. The van der Waals surface area contributed by atoms with Crippen LogP contribution in [0.4, 0.5) is 13.2 Å². The fraction of sp³-hybridized carbons (Fsp3) is 0.300. The summed E-state index contributed by atoms with van der Waals surface area (Å²) >= 11 is 0. The van der Waals surface area contributed by atoms with Crippen LogP contribution in [0.2, 0.25) is 0 Å². The van der Waals surface area contributed by atoms with Gasteiger partial charge >= 0.3 is 6.18 Å². The van der Waals surface area contributed by atoms with Crippen molar-refractivity contribution in [3.8, 4) is 0 Å². The average Bonchev–Trinajstić information content (AvgIpc) is 2.66. The third-order valence-electron chi connectivity index (χ3n) is 4.84. The van der Waals surface area contributed by atoms with Crippen molar-refractivity contribution in [2.45, 2.75) is 24.9 Å². The van der Waals surface area contributed by atoms with Crippen molar-refractivity contribution < 1.29 is 22.8 Å². The zero-order valence-electron chi connectivity index (χ0n) is 14.5. The summed E-state index contributed by atoms with van der Waals surface area (Å²) in [4.78, 5) is 25.0. The zero-order valence-corrected chi connectivity index (χ0v) is 14.5. The lowest BCUT2D eigenvalue weighted by Gasteiger charge is -2.26. The highest BCUT2D eigenvalue weighted by molar-refractivity contribution is 6.12. The van der Waals surface area contributed by atoms with Gasteiger partial charge in [-0.3, -0.25) is 9.59 Å². The summed E-state index contributed by atoms with van der Waals surface area (Å²) in [5.41, 5.74) is 4.81. The molecule has 4 nitrogen and oxygen atoms in total. The number of alkyl halides is 3. The first-order valence-corrected chi connectivity index (χ1v) is 8.65. The fourth-order valence-corrected chi connectivity index (χ4v) is 3.60. The maximum atomic E-state index is 13.4. The van der Waals surface area contributed by atoms with Crippen LogP contribution in [0.25, 0.3) is 0 Å². The normalized spacial score (nSPS) is 15.5. The number of hydrogen-bond acceptors (Lipinski definition) is 3. The standard InChI is InChI=1S/C20H19F3N2O2/c21-20(22,23)16-7-2-1-4-13(16)18(26)14-5-3-6-15(19(24)27)17(14)12-8-10-25-11-9-12/h1-7,12,25H,8-11H2,(H2,24,27). The Balaban J connectivity index is 2.16. The van der Waals surface area contributed by atoms with Crippen LogP contribution in [0, 0.1) is 0 Å². The Morgan fingerprint density at radius 2 is 1.52 bits per heavy atom. The van der Waals surface area contributed by atoms with Gasteiger partial charge in [0.15, 0.2) is 5.78 Å². The van der Waals surface area contributed by atoms with Crippen molar-refractivity contribution in [2.24, 2.45) is 5.73 Å². The summed E-state index contributed by atoms with van der Waals surface area (Å²) in [5.74, 6) is -1.56. The van der Waals surface area contributed by atoms with Crippen molar-refractivity contribution in [2.75, 3.05) is 13.1 Å². The molecule has 0 spiro atoms. The van der Waals surface area contributed by atoms with E-state index >= 15 is 0 Å². The third-order valence-corrected chi connectivity index (χ3v) is 4.84. The van der Waals surface area contributed by atoms with Gasteiger partial charge in [-0.15, -0.1) is 0 Å². The summed E-state index contributed by atoms with van der Waals surface area (Å²) in [6, 6.07) is 9.15. The van der Waals surface area contributed by atoms with E-state index in [0.29, 0.717) is 31.5 Å². The van der Waals surface area contributed by atoms with Gasteiger partial charge in [-0.25, -0.2) is 0 Å². The zero-order chi connectivity index (χ0) is 19.6. The molecule has 0 saturated carbocycles. The van der Waals surface area contributed by atoms with E-state index in [2.05, 4.69) is 5.32 Å². The van der Waals surface area contributed by atoms with Crippen molar-refractivity contribution in [3.63, 3.8) is 0 Å². The molecule has 0 atom stereocenters. The number of nitrogens with two attached hydrogens (primary N) is 1. The van der Waals surface area contributed by atoms with E-state index in [1.807, 2.05) is 0 Å². The summed E-state index contributed by atoms with van der Waals surface area (Å²) in [5, 5.41) is 3.19. The van der Waals surface area contributed by atoms with Crippen molar-refractivity contribution in [1.82, 2.24) is 5.32 Å². The molecule has 0 aromatic heterocycles. The number of ketones is 1. The van der Waals surface area contributed by atoms with Crippen LogP contribution in [0.5, 0.6) is 0 Å². The summed E-state index contributed by atoms with van der Waals surface area (Å²) in [6.45, 7) is 1.40. The molecular weight excluding hydrogens is 357 g/mol. The van der Waals surface area contributed by atoms with Gasteiger partial charge in [-0.05, 0) is 49.5 Å². The second-order valence-corrected chi connectivity index (χ2v) is 6.53. The molecule has 142 valence electrons. The number of rotatable bonds is 4. The molecule has 7 heteroatoms. The largest absolute Gasteiger partial charge is 0.417 e. The molecular formula is C20H19F3N2O2. The lowest BCUT2D eigenvalue weighted by Crippen LogP contribution is -2.29. The quantitative estimate of drug-likeness (QED) is 0.803. The Kier molecular flexibility index (Phi) is 5.32. The second-order valence-electron chi connectivity index (χ2n) is 6.53. The lowest BCUT2D eigenvalue weighted by atomic mass is 9.81. The first-order chi connectivity index (χ1) is 12.8. The molecule has 0 aliphatic carbocycles. The summed E-state index contributed by atoms with van der Waals surface area (Å²) in [6.07, 6.45) is -3.31. The van der Waals surface area contributed by atoms with E-state index in [1.165, 1.54) is 30.3 Å². The third kappa shape index (κ3) is 3.88. The molecule has 3 N–H and O–H groups in total. The molecule has 2 aromatic rings. The Labute approximate surface area is 154 Å². The van der Waals surface area contributed by atoms with Crippen LogP contribution in [0.15, 0.2) is 42.5 Å². The van der Waals surface area contributed by atoms with Gasteiger partial charge < -0.3 is 11.1 Å². The minimum absolute atomic E-state index is 0.106. The molecule has 3 rings (SSSR count). The van der Waals surface area contributed by atoms with Crippen molar-refractivity contribution >= 4 is 11.7 Å². The maximum absolute atomic E-state index is 13.4. The molecule has 1 amide bonds. The molecule has 1 aliphatic heterocycles. The van der Waals surface area contributed by atoms with Gasteiger partial charge in [0.1, 0.15) is 0 Å². The van der Waals surface area contributed by atoms with E-state index in [9.17, 15) is 22.8 Å². The number of amides is 1. The van der Waals surface area contributed by atoms with Crippen molar-refractivity contribution in [1.29, 1.82) is 0 Å². The molecule has 1 heterocycles.